The molecule has 3 atom stereocenters. The van der Waals surface area contributed by atoms with Crippen LogP contribution in [0.5, 0.6) is 0 Å². The molecule has 0 N–H and O–H groups in total. The molecule has 0 aromatic rings. The predicted octanol–water partition coefficient (Wildman–Crippen LogP) is 3.41. The van der Waals surface area contributed by atoms with Crippen molar-refractivity contribution >= 4 is 17.9 Å². The molecule has 6 heteroatoms. The van der Waals surface area contributed by atoms with E-state index in [9.17, 15) is 14.4 Å². The molecule has 2 fully saturated rings. The Morgan fingerprint density at radius 2 is 1.62 bits per heavy atom. The van der Waals surface area contributed by atoms with E-state index >= 15 is 0 Å². The van der Waals surface area contributed by atoms with Gasteiger partial charge in [-0.2, -0.15) is 0 Å². The summed E-state index contributed by atoms with van der Waals surface area (Å²) in [6, 6.07) is 0. The Balaban J connectivity index is 2.19. The third-order valence-corrected chi connectivity index (χ3v) is 5.25. The van der Waals surface area contributed by atoms with Crippen LogP contribution in [0.2, 0.25) is 0 Å². The van der Waals surface area contributed by atoms with Gasteiger partial charge in [0.05, 0.1) is 29.5 Å². The van der Waals surface area contributed by atoms with E-state index in [0.717, 1.165) is 25.7 Å². The van der Waals surface area contributed by atoms with Crippen molar-refractivity contribution in [1.29, 1.82) is 0 Å². The van der Waals surface area contributed by atoms with Gasteiger partial charge in [0.15, 0.2) is 0 Å². The van der Waals surface area contributed by atoms with Crippen LogP contribution >= 0.6 is 0 Å². The lowest BCUT2D eigenvalue weighted by Crippen LogP contribution is -2.46. The van der Waals surface area contributed by atoms with Gasteiger partial charge in [0.25, 0.3) is 0 Å². The van der Waals surface area contributed by atoms with Crippen molar-refractivity contribution < 1.29 is 28.6 Å². The molecule has 0 aromatic carbocycles. The summed E-state index contributed by atoms with van der Waals surface area (Å²) in [5.74, 6) is -3.51. The van der Waals surface area contributed by atoms with Crippen LogP contribution in [0, 0.1) is 17.3 Å². The summed E-state index contributed by atoms with van der Waals surface area (Å²) >= 11 is 0. The topological polar surface area (TPSA) is 78.9 Å². The summed E-state index contributed by atoms with van der Waals surface area (Å²) in [5, 5.41) is 0. The molecule has 0 spiro atoms. The lowest BCUT2D eigenvalue weighted by Gasteiger charge is -2.35. The van der Waals surface area contributed by atoms with Gasteiger partial charge in [-0.05, 0) is 54.4 Å². The van der Waals surface area contributed by atoms with Gasteiger partial charge in [-0.1, -0.05) is 19.3 Å². The monoisotopic (exact) mass is 368 g/mol. The summed E-state index contributed by atoms with van der Waals surface area (Å²) < 4.78 is 16.5. The van der Waals surface area contributed by atoms with Gasteiger partial charge in [0, 0.05) is 0 Å². The van der Waals surface area contributed by atoms with E-state index < -0.39 is 46.9 Å². The quantitative estimate of drug-likeness (QED) is 0.546. The fourth-order valence-corrected chi connectivity index (χ4v) is 3.85. The first-order chi connectivity index (χ1) is 11.9. The van der Waals surface area contributed by atoms with Crippen LogP contribution in [-0.2, 0) is 28.6 Å². The summed E-state index contributed by atoms with van der Waals surface area (Å²) in [4.78, 5) is 37.5. The molecule has 0 radical (unpaired) electrons. The van der Waals surface area contributed by atoms with Crippen molar-refractivity contribution in [1.82, 2.24) is 0 Å². The summed E-state index contributed by atoms with van der Waals surface area (Å²) in [6.45, 7) is 10.4. The van der Waals surface area contributed by atoms with Crippen LogP contribution in [0.25, 0.3) is 0 Å². The van der Waals surface area contributed by atoms with Gasteiger partial charge in [-0.3, -0.25) is 14.4 Å². The molecule has 2 aliphatic rings. The fourth-order valence-electron chi connectivity index (χ4n) is 3.85. The molecular weight excluding hydrogens is 336 g/mol. The van der Waals surface area contributed by atoms with E-state index in [-0.39, 0.29) is 6.10 Å². The van der Waals surface area contributed by atoms with E-state index in [4.69, 9.17) is 14.2 Å². The standard InChI is InChI=1S/C20H32O6/c1-12(24-13-10-8-7-9-11-13)14-15(17(22)25-16(14)21)20(5,6)18(23)26-19(2,3)4/h12-15H,7-11H2,1-6H3. The second-order valence-electron chi connectivity index (χ2n) is 9.07. The zero-order valence-corrected chi connectivity index (χ0v) is 16.8. The Kier molecular flexibility index (Phi) is 6.16. The zero-order chi connectivity index (χ0) is 19.7. The second kappa shape index (κ2) is 7.67. The number of carbonyl (C=O) groups is 3. The maximum absolute atomic E-state index is 12.7. The van der Waals surface area contributed by atoms with Crippen molar-refractivity contribution in [2.24, 2.45) is 17.3 Å². The number of rotatable bonds is 5. The summed E-state index contributed by atoms with van der Waals surface area (Å²) in [7, 11) is 0. The molecule has 1 aliphatic heterocycles. The largest absolute Gasteiger partial charge is 0.460 e. The summed E-state index contributed by atoms with van der Waals surface area (Å²) in [6.07, 6.45) is 4.93. The molecule has 1 saturated carbocycles. The van der Waals surface area contributed by atoms with Crippen LogP contribution in [-0.4, -0.2) is 35.7 Å². The van der Waals surface area contributed by atoms with Crippen LogP contribution in [0.1, 0.15) is 73.6 Å². The number of esters is 3. The maximum atomic E-state index is 12.7. The van der Waals surface area contributed by atoms with Gasteiger partial charge in [0.1, 0.15) is 5.60 Å². The van der Waals surface area contributed by atoms with Crippen molar-refractivity contribution in [2.45, 2.75) is 91.5 Å². The van der Waals surface area contributed by atoms with Crippen LogP contribution in [0.3, 0.4) is 0 Å². The molecule has 26 heavy (non-hydrogen) atoms. The normalized spacial score (nSPS) is 26.5. The Labute approximate surface area is 155 Å². The lowest BCUT2D eigenvalue weighted by molar-refractivity contribution is -0.174. The van der Waals surface area contributed by atoms with Gasteiger partial charge >= 0.3 is 17.9 Å². The predicted molar refractivity (Wildman–Crippen MR) is 95.1 cm³/mol. The highest BCUT2D eigenvalue weighted by Gasteiger charge is 2.58. The first kappa shape index (κ1) is 20.9. The zero-order valence-electron chi connectivity index (χ0n) is 16.8. The van der Waals surface area contributed by atoms with Crippen molar-refractivity contribution in [3.8, 4) is 0 Å². The number of hydrogen-bond donors (Lipinski definition) is 0. The molecule has 1 saturated heterocycles. The molecule has 1 heterocycles. The van der Waals surface area contributed by atoms with E-state index in [1.54, 1.807) is 41.5 Å². The van der Waals surface area contributed by atoms with Crippen LogP contribution in [0.4, 0.5) is 0 Å². The highest BCUT2D eigenvalue weighted by Crippen LogP contribution is 2.43. The molecule has 3 unspecified atom stereocenters. The molecule has 2 rings (SSSR count). The number of cyclic esters (lactones) is 2. The van der Waals surface area contributed by atoms with Crippen LogP contribution < -0.4 is 0 Å². The summed E-state index contributed by atoms with van der Waals surface area (Å²) in [5.41, 5.74) is -1.87. The minimum absolute atomic E-state index is 0.0903. The van der Waals surface area contributed by atoms with Crippen LogP contribution in [0.15, 0.2) is 0 Å². The van der Waals surface area contributed by atoms with Crippen molar-refractivity contribution in [3.63, 3.8) is 0 Å². The second-order valence-corrected chi connectivity index (χ2v) is 9.07. The number of carbonyl (C=O) groups excluding carboxylic acids is 3. The Morgan fingerprint density at radius 3 is 2.15 bits per heavy atom. The fraction of sp³-hybridized carbons (Fsp3) is 0.850. The first-order valence-electron chi connectivity index (χ1n) is 9.58. The van der Waals surface area contributed by atoms with Crippen molar-refractivity contribution in [3.05, 3.63) is 0 Å². The molecular formula is C20H32O6. The van der Waals surface area contributed by atoms with E-state index in [1.807, 2.05) is 0 Å². The average molecular weight is 368 g/mol. The highest BCUT2D eigenvalue weighted by atomic mass is 16.6. The molecule has 6 nitrogen and oxygen atoms in total. The Hall–Kier alpha value is -1.43. The van der Waals surface area contributed by atoms with Gasteiger partial charge in [-0.25, -0.2) is 0 Å². The SMILES string of the molecule is CC(OC1CCCCC1)C1C(=O)OC(=O)C1C(C)(C)C(=O)OC(C)(C)C. The molecule has 0 amide bonds. The highest BCUT2D eigenvalue weighted by molar-refractivity contribution is 6.00. The average Bonchev–Trinajstić information content (AvgIpc) is 2.81. The Bertz CT molecular complexity index is 553. The van der Waals surface area contributed by atoms with E-state index in [2.05, 4.69) is 0 Å². The Morgan fingerprint density at radius 1 is 1.04 bits per heavy atom. The van der Waals surface area contributed by atoms with Gasteiger partial charge in [0.2, 0.25) is 0 Å². The molecule has 148 valence electrons. The third kappa shape index (κ3) is 4.64. The molecule has 0 aromatic heterocycles. The smallest absolute Gasteiger partial charge is 0.320 e. The molecule has 0 bridgehead atoms. The minimum Gasteiger partial charge on any atom is -0.460 e. The number of ether oxygens (including phenoxy) is 3. The minimum atomic E-state index is -1.19. The van der Waals surface area contributed by atoms with E-state index in [1.165, 1.54) is 6.42 Å². The maximum Gasteiger partial charge on any atom is 0.320 e. The van der Waals surface area contributed by atoms with E-state index in [0.29, 0.717) is 0 Å². The van der Waals surface area contributed by atoms with Gasteiger partial charge < -0.3 is 14.2 Å². The van der Waals surface area contributed by atoms with Gasteiger partial charge in [-0.15, -0.1) is 0 Å². The molecule has 1 aliphatic carbocycles. The first-order valence-corrected chi connectivity index (χ1v) is 9.58. The lowest BCUT2D eigenvalue weighted by atomic mass is 9.71. The number of hydrogen-bond acceptors (Lipinski definition) is 6. The van der Waals surface area contributed by atoms with Crippen molar-refractivity contribution in [2.75, 3.05) is 0 Å². The third-order valence-electron chi connectivity index (χ3n) is 5.25.